The van der Waals surface area contributed by atoms with Gasteiger partial charge in [0, 0.05) is 24.2 Å². The molecule has 2 aromatic carbocycles. The van der Waals surface area contributed by atoms with Crippen molar-refractivity contribution in [2.75, 3.05) is 12.3 Å². The maximum Gasteiger partial charge on any atom is 0.256 e. The third-order valence-electron chi connectivity index (χ3n) is 4.37. The van der Waals surface area contributed by atoms with E-state index in [0.717, 1.165) is 12.0 Å². The number of nitrogens with zero attached hydrogens (tertiary/aromatic N) is 1. The summed E-state index contributed by atoms with van der Waals surface area (Å²) in [6, 6.07) is 13.8. The van der Waals surface area contributed by atoms with Crippen molar-refractivity contribution in [3.63, 3.8) is 0 Å². The van der Waals surface area contributed by atoms with Crippen LogP contribution < -0.4 is 5.73 Å². The van der Waals surface area contributed by atoms with Crippen molar-refractivity contribution in [3.05, 3.63) is 65.5 Å². The zero-order chi connectivity index (χ0) is 15.7. The molecule has 1 fully saturated rings. The molecule has 5 heteroatoms. The molecule has 2 atom stereocenters. The van der Waals surface area contributed by atoms with Gasteiger partial charge < -0.3 is 10.6 Å². The van der Waals surface area contributed by atoms with Gasteiger partial charge in [0.25, 0.3) is 5.91 Å². The summed E-state index contributed by atoms with van der Waals surface area (Å²) in [5.74, 6) is -0.0283. The minimum absolute atomic E-state index is 0. The lowest BCUT2D eigenvalue weighted by atomic mass is 9.97. The Labute approximate surface area is 141 Å². The van der Waals surface area contributed by atoms with Gasteiger partial charge in [-0.15, -0.1) is 12.4 Å². The van der Waals surface area contributed by atoms with Gasteiger partial charge in [-0.05, 0) is 43.2 Å². The van der Waals surface area contributed by atoms with Crippen molar-refractivity contribution in [1.82, 2.24) is 4.90 Å². The minimum atomic E-state index is -0.236. The number of anilines is 1. The summed E-state index contributed by atoms with van der Waals surface area (Å²) in [6.07, 6.45) is 0.879. The molecule has 0 aliphatic carbocycles. The van der Waals surface area contributed by atoms with Gasteiger partial charge in [0.1, 0.15) is 5.82 Å². The number of carbonyl (C=O) groups is 1. The van der Waals surface area contributed by atoms with E-state index in [1.54, 1.807) is 24.3 Å². The fraction of sp³-hybridized carbons (Fsp3) is 0.278. The molecule has 1 heterocycles. The van der Waals surface area contributed by atoms with Gasteiger partial charge in [0.05, 0.1) is 5.56 Å². The second-order valence-corrected chi connectivity index (χ2v) is 5.88. The predicted molar refractivity (Wildman–Crippen MR) is 92.4 cm³/mol. The molecule has 1 saturated heterocycles. The second-order valence-electron chi connectivity index (χ2n) is 5.88. The first kappa shape index (κ1) is 17.3. The topological polar surface area (TPSA) is 46.3 Å². The van der Waals surface area contributed by atoms with Crippen molar-refractivity contribution >= 4 is 24.0 Å². The Bertz CT molecular complexity index is 690. The number of amides is 1. The van der Waals surface area contributed by atoms with Crippen molar-refractivity contribution in [2.45, 2.75) is 25.3 Å². The summed E-state index contributed by atoms with van der Waals surface area (Å²) in [4.78, 5) is 14.6. The molecule has 2 N–H and O–H groups in total. The third-order valence-corrected chi connectivity index (χ3v) is 4.37. The molecular weight excluding hydrogens is 315 g/mol. The Hall–Kier alpha value is -2.07. The van der Waals surface area contributed by atoms with Crippen molar-refractivity contribution in [3.8, 4) is 0 Å². The maximum atomic E-state index is 13.0. The van der Waals surface area contributed by atoms with Crippen LogP contribution in [0.5, 0.6) is 0 Å². The van der Waals surface area contributed by atoms with E-state index in [2.05, 4.69) is 0 Å². The highest BCUT2D eigenvalue weighted by atomic mass is 35.5. The number of hydrogen-bond donors (Lipinski definition) is 1. The average Bonchev–Trinajstić information content (AvgIpc) is 2.90. The summed E-state index contributed by atoms with van der Waals surface area (Å²) in [7, 11) is 0. The number of nitrogens with two attached hydrogens (primary N) is 1. The molecule has 3 rings (SSSR count). The van der Waals surface area contributed by atoms with E-state index in [0.29, 0.717) is 17.8 Å². The smallest absolute Gasteiger partial charge is 0.256 e. The molecule has 0 bridgehead atoms. The zero-order valence-electron chi connectivity index (χ0n) is 12.9. The lowest BCUT2D eigenvalue weighted by Crippen LogP contribution is -2.34. The van der Waals surface area contributed by atoms with Crippen molar-refractivity contribution in [2.24, 2.45) is 0 Å². The van der Waals surface area contributed by atoms with Crippen LogP contribution in [0.15, 0.2) is 48.5 Å². The van der Waals surface area contributed by atoms with E-state index in [9.17, 15) is 9.18 Å². The Morgan fingerprint density at radius 3 is 2.48 bits per heavy atom. The summed E-state index contributed by atoms with van der Waals surface area (Å²) < 4.78 is 13.0. The molecule has 0 radical (unpaired) electrons. The number of rotatable bonds is 2. The van der Waals surface area contributed by atoms with E-state index >= 15 is 0 Å². The quantitative estimate of drug-likeness (QED) is 0.848. The Balaban J connectivity index is 0.00000192. The van der Waals surface area contributed by atoms with Crippen LogP contribution in [-0.2, 0) is 0 Å². The van der Waals surface area contributed by atoms with Gasteiger partial charge >= 0.3 is 0 Å². The normalized spacial score (nSPS) is 20.2. The Morgan fingerprint density at radius 2 is 1.83 bits per heavy atom. The average molecular weight is 335 g/mol. The molecule has 2 aromatic rings. The molecular formula is C18H20ClFN2O. The molecule has 1 aliphatic heterocycles. The number of nitrogen functional groups attached to an aromatic ring is 1. The molecule has 1 aliphatic rings. The highest BCUT2D eigenvalue weighted by molar-refractivity contribution is 5.99. The van der Waals surface area contributed by atoms with E-state index in [1.807, 2.05) is 24.0 Å². The van der Waals surface area contributed by atoms with E-state index in [-0.39, 0.29) is 36.1 Å². The number of para-hydroxylation sites is 1. The van der Waals surface area contributed by atoms with Crippen molar-refractivity contribution in [1.29, 1.82) is 0 Å². The summed E-state index contributed by atoms with van der Waals surface area (Å²) in [5.41, 5.74) is 8.04. The molecule has 2 unspecified atom stereocenters. The Morgan fingerprint density at radius 1 is 1.17 bits per heavy atom. The molecule has 1 amide bonds. The van der Waals surface area contributed by atoms with E-state index in [4.69, 9.17) is 5.73 Å². The van der Waals surface area contributed by atoms with E-state index < -0.39 is 0 Å². The van der Waals surface area contributed by atoms with Gasteiger partial charge in [-0.3, -0.25) is 4.79 Å². The first-order valence-electron chi connectivity index (χ1n) is 7.47. The monoisotopic (exact) mass is 334 g/mol. The fourth-order valence-electron chi connectivity index (χ4n) is 3.14. The van der Waals surface area contributed by atoms with Crippen LogP contribution in [0.2, 0.25) is 0 Å². The number of halogens is 2. The fourth-order valence-corrected chi connectivity index (χ4v) is 3.14. The van der Waals surface area contributed by atoms with Gasteiger partial charge in [0.15, 0.2) is 0 Å². The molecule has 3 nitrogen and oxygen atoms in total. The molecule has 23 heavy (non-hydrogen) atoms. The van der Waals surface area contributed by atoms with Crippen LogP contribution >= 0.6 is 12.4 Å². The highest BCUT2D eigenvalue weighted by Crippen LogP contribution is 2.33. The Kier molecular flexibility index (Phi) is 5.26. The van der Waals surface area contributed by atoms with Gasteiger partial charge in [0.2, 0.25) is 0 Å². The van der Waals surface area contributed by atoms with E-state index in [1.165, 1.54) is 12.1 Å². The first-order chi connectivity index (χ1) is 10.6. The number of likely N-dealkylation sites (tertiary alicyclic amines) is 1. The number of benzene rings is 2. The summed E-state index contributed by atoms with van der Waals surface area (Å²) >= 11 is 0. The molecule has 0 spiro atoms. The molecule has 0 aromatic heterocycles. The largest absolute Gasteiger partial charge is 0.398 e. The van der Waals surface area contributed by atoms with Crippen LogP contribution in [0.25, 0.3) is 0 Å². The van der Waals surface area contributed by atoms with Crippen LogP contribution in [0, 0.1) is 5.82 Å². The second kappa shape index (κ2) is 7.01. The summed E-state index contributed by atoms with van der Waals surface area (Å²) in [6.45, 7) is 2.68. The van der Waals surface area contributed by atoms with Gasteiger partial charge in [-0.25, -0.2) is 4.39 Å². The minimum Gasteiger partial charge on any atom is -0.398 e. The summed E-state index contributed by atoms with van der Waals surface area (Å²) in [5, 5.41) is 0. The number of carbonyl (C=O) groups excluding carboxylic acids is 1. The van der Waals surface area contributed by atoms with Crippen LogP contribution in [-0.4, -0.2) is 23.4 Å². The van der Waals surface area contributed by atoms with Crippen molar-refractivity contribution < 1.29 is 9.18 Å². The van der Waals surface area contributed by atoms with Gasteiger partial charge in [-0.1, -0.05) is 24.3 Å². The lowest BCUT2D eigenvalue weighted by molar-refractivity contribution is 0.0747. The maximum absolute atomic E-state index is 13.0. The predicted octanol–water partition coefficient (Wildman–Crippen LogP) is 3.85. The standard InChI is InChI=1S/C18H19FN2O.ClH/c1-12-10-14(13-6-8-15(19)9-7-13)11-21(12)18(22)16-4-2-3-5-17(16)20;/h2-9,12,14H,10-11,20H2,1H3;1H. The molecule has 122 valence electrons. The first-order valence-corrected chi connectivity index (χ1v) is 7.47. The lowest BCUT2D eigenvalue weighted by Gasteiger charge is -2.22. The van der Waals surface area contributed by atoms with Gasteiger partial charge in [-0.2, -0.15) is 0 Å². The zero-order valence-corrected chi connectivity index (χ0v) is 13.7. The van der Waals surface area contributed by atoms with Crippen LogP contribution in [0.3, 0.4) is 0 Å². The third kappa shape index (κ3) is 3.48. The van der Waals surface area contributed by atoms with Crippen LogP contribution in [0.1, 0.15) is 35.2 Å². The molecule has 0 saturated carbocycles. The highest BCUT2D eigenvalue weighted by Gasteiger charge is 2.34. The number of hydrogen-bond acceptors (Lipinski definition) is 2. The van der Waals surface area contributed by atoms with Crippen LogP contribution in [0.4, 0.5) is 10.1 Å². The SMILES string of the molecule is CC1CC(c2ccc(F)cc2)CN1C(=O)c1ccccc1N.Cl.